The van der Waals surface area contributed by atoms with Crippen molar-refractivity contribution in [3.8, 4) is 0 Å². The highest BCUT2D eigenvalue weighted by Gasteiger charge is 2.23. The molecule has 1 saturated heterocycles. The Morgan fingerprint density at radius 1 is 1.31 bits per heavy atom. The van der Waals surface area contributed by atoms with Crippen LogP contribution >= 0.6 is 24.0 Å². The van der Waals surface area contributed by atoms with E-state index >= 15 is 0 Å². The Labute approximate surface area is 175 Å². The number of halogens is 1. The van der Waals surface area contributed by atoms with E-state index in [4.69, 9.17) is 4.74 Å². The SMILES string of the molecule is CN=C(NCCCN(C)CCOC)NC1CCN(c2ccccc2)C1.I. The van der Waals surface area contributed by atoms with E-state index in [2.05, 4.69) is 62.8 Å². The summed E-state index contributed by atoms with van der Waals surface area (Å²) in [6.07, 6.45) is 2.22. The van der Waals surface area contributed by atoms with Gasteiger partial charge in [-0.15, -0.1) is 24.0 Å². The lowest BCUT2D eigenvalue weighted by Gasteiger charge is -2.21. The molecule has 1 atom stereocenters. The smallest absolute Gasteiger partial charge is 0.191 e. The molecular formula is C19H34IN5O. The number of nitrogens with zero attached hydrogens (tertiary/aromatic N) is 3. The number of para-hydroxylation sites is 1. The molecule has 148 valence electrons. The van der Waals surface area contributed by atoms with Gasteiger partial charge in [0.2, 0.25) is 0 Å². The Hall–Kier alpha value is -1.06. The first-order valence-electron chi connectivity index (χ1n) is 9.17. The van der Waals surface area contributed by atoms with Crippen molar-refractivity contribution in [3.05, 3.63) is 30.3 Å². The number of anilines is 1. The van der Waals surface area contributed by atoms with Gasteiger partial charge in [-0.3, -0.25) is 4.99 Å². The molecule has 2 N–H and O–H groups in total. The average Bonchev–Trinajstić information content (AvgIpc) is 3.11. The molecule has 2 rings (SSSR count). The van der Waals surface area contributed by atoms with Crippen LogP contribution in [0.15, 0.2) is 35.3 Å². The Bertz CT molecular complexity index is 514. The summed E-state index contributed by atoms with van der Waals surface area (Å²) in [6.45, 7) is 5.84. The zero-order valence-electron chi connectivity index (χ0n) is 16.3. The molecule has 1 aliphatic heterocycles. The lowest BCUT2D eigenvalue weighted by atomic mass is 10.2. The van der Waals surface area contributed by atoms with Crippen molar-refractivity contribution in [1.82, 2.24) is 15.5 Å². The molecular weight excluding hydrogens is 441 g/mol. The first-order valence-corrected chi connectivity index (χ1v) is 9.17. The zero-order chi connectivity index (χ0) is 17.9. The molecule has 1 fully saturated rings. The van der Waals surface area contributed by atoms with Crippen molar-refractivity contribution in [2.75, 3.05) is 65.4 Å². The van der Waals surface area contributed by atoms with E-state index in [-0.39, 0.29) is 24.0 Å². The molecule has 7 heteroatoms. The zero-order valence-corrected chi connectivity index (χ0v) is 18.6. The van der Waals surface area contributed by atoms with Crippen LogP contribution in [-0.4, -0.2) is 77.4 Å². The monoisotopic (exact) mass is 475 g/mol. The van der Waals surface area contributed by atoms with Crippen LogP contribution < -0.4 is 15.5 Å². The normalized spacial score (nSPS) is 17.3. The predicted octanol–water partition coefficient (Wildman–Crippen LogP) is 2.02. The molecule has 26 heavy (non-hydrogen) atoms. The standard InChI is InChI=1S/C19H33N5O.HI/c1-20-19(21-11-7-12-23(2)14-15-25-3)22-17-10-13-24(16-17)18-8-5-4-6-9-18;/h4-6,8-9,17H,7,10-16H2,1-3H3,(H2,20,21,22);1H. The van der Waals surface area contributed by atoms with E-state index in [1.54, 1.807) is 7.11 Å². The molecule has 0 amide bonds. The van der Waals surface area contributed by atoms with Gasteiger partial charge < -0.3 is 25.2 Å². The van der Waals surface area contributed by atoms with Crippen LogP contribution in [0.25, 0.3) is 0 Å². The molecule has 0 aromatic heterocycles. The Morgan fingerprint density at radius 2 is 2.08 bits per heavy atom. The number of benzene rings is 1. The summed E-state index contributed by atoms with van der Waals surface area (Å²) in [4.78, 5) is 9.07. The number of likely N-dealkylation sites (N-methyl/N-ethyl adjacent to an activating group) is 1. The molecule has 0 aliphatic carbocycles. The second kappa shape index (κ2) is 13.2. The van der Waals surface area contributed by atoms with Gasteiger partial charge in [-0.25, -0.2) is 0 Å². The third kappa shape index (κ3) is 8.09. The van der Waals surface area contributed by atoms with Crippen LogP contribution in [0.2, 0.25) is 0 Å². The fourth-order valence-electron chi connectivity index (χ4n) is 3.05. The van der Waals surface area contributed by atoms with E-state index in [0.29, 0.717) is 6.04 Å². The van der Waals surface area contributed by atoms with Crippen LogP contribution in [0, 0.1) is 0 Å². The number of rotatable bonds is 9. The molecule has 0 spiro atoms. The van der Waals surface area contributed by atoms with Crippen molar-refractivity contribution in [3.63, 3.8) is 0 Å². The topological polar surface area (TPSA) is 52.1 Å². The first-order chi connectivity index (χ1) is 12.2. The maximum absolute atomic E-state index is 5.10. The van der Waals surface area contributed by atoms with E-state index in [0.717, 1.165) is 58.1 Å². The second-order valence-corrected chi connectivity index (χ2v) is 6.56. The van der Waals surface area contributed by atoms with Gasteiger partial charge in [0, 0.05) is 52.1 Å². The maximum Gasteiger partial charge on any atom is 0.191 e. The molecule has 0 saturated carbocycles. The van der Waals surface area contributed by atoms with Gasteiger partial charge in [0.05, 0.1) is 6.61 Å². The highest BCUT2D eigenvalue weighted by atomic mass is 127. The van der Waals surface area contributed by atoms with E-state index in [1.807, 2.05) is 7.05 Å². The highest BCUT2D eigenvalue weighted by Crippen LogP contribution is 2.19. The van der Waals surface area contributed by atoms with Gasteiger partial charge in [-0.1, -0.05) is 18.2 Å². The first kappa shape index (κ1) is 23.0. The third-order valence-corrected chi connectivity index (χ3v) is 4.56. The maximum atomic E-state index is 5.10. The number of methoxy groups -OCH3 is 1. The van der Waals surface area contributed by atoms with Crippen molar-refractivity contribution in [1.29, 1.82) is 0 Å². The lowest BCUT2D eigenvalue weighted by molar-refractivity contribution is 0.161. The molecule has 1 aliphatic rings. The number of hydrogen-bond acceptors (Lipinski definition) is 4. The van der Waals surface area contributed by atoms with Gasteiger partial charge in [-0.05, 0) is 38.6 Å². The minimum Gasteiger partial charge on any atom is -0.383 e. The summed E-state index contributed by atoms with van der Waals surface area (Å²) in [6, 6.07) is 11.1. The fraction of sp³-hybridized carbons (Fsp3) is 0.632. The largest absolute Gasteiger partial charge is 0.383 e. The predicted molar refractivity (Wildman–Crippen MR) is 121 cm³/mol. The summed E-state index contributed by atoms with van der Waals surface area (Å²) < 4.78 is 5.10. The molecule has 6 nitrogen and oxygen atoms in total. The summed E-state index contributed by atoms with van der Waals surface area (Å²) in [5, 5.41) is 6.98. The molecule has 0 bridgehead atoms. The summed E-state index contributed by atoms with van der Waals surface area (Å²) in [5.74, 6) is 0.902. The number of ether oxygens (including phenoxy) is 1. The summed E-state index contributed by atoms with van der Waals surface area (Å²) in [5.41, 5.74) is 1.30. The second-order valence-electron chi connectivity index (χ2n) is 6.56. The average molecular weight is 475 g/mol. The fourth-order valence-corrected chi connectivity index (χ4v) is 3.05. The highest BCUT2D eigenvalue weighted by molar-refractivity contribution is 14.0. The Morgan fingerprint density at radius 3 is 2.77 bits per heavy atom. The van der Waals surface area contributed by atoms with Gasteiger partial charge in [0.1, 0.15) is 0 Å². The third-order valence-electron chi connectivity index (χ3n) is 4.56. The van der Waals surface area contributed by atoms with Crippen LogP contribution in [0.4, 0.5) is 5.69 Å². The molecule has 1 aromatic carbocycles. The molecule has 1 unspecified atom stereocenters. The number of hydrogen-bond donors (Lipinski definition) is 2. The quantitative estimate of drug-likeness (QED) is 0.248. The van der Waals surface area contributed by atoms with Gasteiger partial charge in [-0.2, -0.15) is 0 Å². The van der Waals surface area contributed by atoms with Crippen molar-refractivity contribution in [2.45, 2.75) is 18.9 Å². The minimum absolute atomic E-state index is 0. The van der Waals surface area contributed by atoms with Crippen molar-refractivity contribution >= 4 is 35.6 Å². The molecule has 1 heterocycles. The van der Waals surface area contributed by atoms with Gasteiger partial charge in [0.15, 0.2) is 5.96 Å². The number of nitrogens with one attached hydrogen (secondary N) is 2. The Balaban J connectivity index is 0.00000338. The van der Waals surface area contributed by atoms with Crippen LogP contribution in [0.1, 0.15) is 12.8 Å². The van der Waals surface area contributed by atoms with Crippen LogP contribution in [0.5, 0.6) is 0 Å². The number of aliphatic imine (C=N–C) groups is 1. The lowest BCUT2D eigenvalue weighted by Crippen LogP contribution is -2.45. The number of guanidine groups is 1. The van der Waals surface area contributed by atoms with Gasteiger partial charge in [0.25, 0.3) is 0 Å². The van der Waals surface area contributed by atoms with Gasteiger partial charge >= 0.3 is 0 Å². The van der Waals surface area contributed by atoms with E-state index < -0.39 is 0 Å². The Kier molecular flexibility index (Phi) is 11.6. The van der Waals surface area contributed by atoms with E-state index in [9.17, 15) is 0 Å². The summed E-state index contributed by atoms with van der Waals surface area (Å²) >= 11 is 0. The molecule has 1 aromatic rings. The van der Waals surface area contributed by atoms with Crippen LogP contribution in [0.3, 0.4) is 0 Å². The minimum atomic E-state index is 0. The van der Waals surface area contributed by atoms with Crippen molar-refractivity contribution in [2.24, 2.45) is 4.99 Å². The molecule has 0 radical (unpaired) electrons. The van der Waals surface area contributed by atoms with Crippen molar-refractivity contribution < 1.29 is 4.74 Å². The van der Waals surface area contributed by atoms with Crippen LogP contribution in [-0.2, 0) is 4.74 Å². The summed E-state index contributed by atoms with van der Waals surface area (Å²) in [7, 11) is 5.71. The van der Waals surface area contributed by atoms with E-state index in [1.165, 1.54) is 5.69 Å².